The highest BCUT2D eigenvalue weighted by Gasteiger charge is 2.29. The van der Waals surface area contributed by atoms with Gasteiger partial charge in [-0.05, 0) is 54.3 Å². The number of aryl methyl sites for hydroxylation is 1. The van der Waals surface area contributed by atoms with Crippen molar-refractivity contribution in [3.63, 3.8) is 0 Å². The van der Waals surface area contributed by atoms with Gasteiger partial charge in [0.1, 0.15) is 0 Å². The minimum absolute atomic E-state index is 0.00634. The van der Waals surface area contributed by atoms with E-state index in [4.69, 9.17) is 0 Å². The molecule has 0 N–H and O–H groups in total. The summed E-state index contributed by atoms with van der Waals surface area (Å²) in [5.74, 6) is -0.0897. The molecule has 8 heteroatoms. The Balaban J connectivity index is 1.40. The van der Waals surface area contributed by atoms with Crippen molar-refractivity contribution in [1.29, 1.82) is 0 Å². The summed E-state index contributed by atoms with van der Waals surface area (Å²) >= 11 is 0. The SMILES string of the molecule is CCc1ccc(C(=O)N2CCN(C(=O)c3ccc4c(c3)CCN4S(C)(=O)=O)CC2)cc1. The van der Waals surface area contributed by atoms with Crippen molar-refractivity contribution in [3.05, 3.63) is 64.7 Å². The van der Waals surface area contributed by atoms with E-state index in [1.807, 2.05) is 24.3 Å². The second-order valence-corrected chi connectivity index (χ2v) is 9.97. The number of nitrogens with zero attached hydrogens (tertiary/aromatic N) is 3. The first-order chi connectivity index (χ1) is 14.8. The monoisotopic (exact) mass is 441 g/mol. The van der Waals surface area contributed by atoms with E-state index in [-0.39, 0.29) is 11.8 Å². The third-order valence-corrected chi connectivity index (χ3v) is 7.22. The van der Waals surface area contributed by atoms with Crippen LogP contribution in [0, 0.1) is 0 Å². The Morgan fingerprint density at radius 2 is 1.39 bits per heavy atom. The summed E-state index contributed by atoms with van der Waals surface area (Å²) in [5, 5.41) is 0. The molecule has 2 aliphatic rings. The fourth-order valence-electron chi connectivity index (χ4n) is 4.21. The molecule has 2 aliphatic heterocycles. The van der Waals surface area contributed by atoms with Crippen LogP contribution in [0.5, 0.6) is 0 Å². The van der Waals surface area contributed by atoms with Crippen LogP contribution >= 0.6 is 0 Å². The molecule has 7 nitrogen and oxygen atoms in total. The lowest BCUT2D eigenvalue weighted by Crippen LogP contribution is -2.50. The van der Waals surface area contributed by atoms with Gasteiger partial charge in [-0.3, -0.25) is 13.9 Å². The molecule has 31 heavy (non-hydrogen) atoms. The number of hydrogen-bond acceptors (Lipinski definition) is 4. The number of piperazine rings is 1. The molecule has 2 aromatic rings. The number of amides is 2. The summed E-state index contributed by atoms with van der Waals surface area (Å²) in [7, 11) is -3.31. The van der Waals surface area contributed by atoms with Crippen LogP contribution in [0.2, 0.25) is 0 Å². The number of rotatable bonds is 4. The Morgan fingerprint density at radius 1 is 0.839 bits per heavy atom. The summed E-state index contributed by atoms with van der Waals surface area (Å²) in [4.78, 5) is 29.3. The standard InChI is InChI=1S/C23H27N3O4S/c1-3-17-4-6-18(7-5-17)22(27)24-12-14-25(15-13-24)23(28)20-8-9-21-19(16-20)10-11-26(21)31(2,29)30/h4-9,16H,3,10-15H2,1-2H3. The van der Waals surface area contributed by atoms with Gasteiger partial charge in [-0.15, -0.1) is 0 Å². The molecule has 0 radical (unpaired) electrons. The number of hydrogen-bond donors (Lipinski definition) is 0. The minimum Gasteiger partial charge on any atom is -0.335 e. The van der Waals surface area contributed by atoms with E-state index in [0.29, 0.717) is 56.0 Å². The molecule has 4 rings (SSSR count). The van der Waals surface area contributed by atoms with Gasteiger partial charge in [-0.25, -0.2) is 8.42 Å². The predicted molar refractivity (Wildman–Crippen MR) is 120 cm³/mol. The number of sulfonamides is 1. The van der Waals surface area contributed by atoms with E-state index in [1.165, 1.54) is 16.1 Å². The Kier molecular flexibility index (Phi) is 5.75. The molecule has 0 aromatic heterocycles. The highest BCUT2D eigenvalue weighted by atomic mass is 32.2. The topological polar surface area (TPSA) is 78.0 Å². The second-order valence-electron chi connectivity index (χ2n) is 8.06. The first-order valence-electron chi connectivity index (χ1n) is 10.6. The van der Waals surface area contributed by atoms with Gasteiger partial charge in [-0.1, -0.05) is 19.1 Å². The normalized spacial score (nSPS) is 16.4. The second kappa shape index (κ2) is 8.34. The molecule has 0 unspecified atom stereocenters. The molecule has 164 valence electrons. The number of carbonyl (C=O) groups is 2. The zero-order valence-corrected chi connectivity index (χ0v) is 18.7. The van der Waals surface area contributed by atoms with Crippen LogP contribution in [-0.2, 0) is 22.9 Å². The lowest BCUT2D eigenvalue weighted by Gasteiger charge is -2.35. The van der Waals surface area contributed by atoms with E-state index in [2.05, 4.69) is 6.92 Å². The van der Waals surface area contributed by atoms with Crippen LogP contribution in [-0.4, -0.2) is 69.0 Å². The maximum Gasteiger partial charge on any atom is 0.253 e. The Bertz CT molecular complexity index is 1100. The number of carbonyl (C=O) groups excluding carboxylic acids is 2. The smallest absolute Gasteiger partial charge is 0.253 e. The number of anilines is 1. The van der Waals surface area contributed by atoms with Crippen molar-refractivity contribution < 1.29 is 18.0 Å². The quantitative estimate of drug-likeness (QED) is 0.729. The molecule has 0 aliphatic carbocycles. The third-order valence-electron chi connectivity index (χ3n) is 6.04. The maximum atomic E-state index is 13.0. The average molecular weight is 442 g/mol. The molecule has 2 aromatic carbocycles. The van der Waals surface area contributed by atoms with Crippen molar-refractivity contribution >= 4 is 27.5 Å². The Labute approximate surface area is 183 Å². The van der Waals surface area contributed by atoms with Crippen molar-refractivity contribution in [2.24, 2.45) is 0 Å². The van der Waals surface area contributed by atoms with Crippen molar-refractivity contribution in [1.82, 2.24) is 9.80 Å². The lowest BCUT2D eigenvalue weighted by molar-refractivity contribution is 0.0535. The van der Waals surface area contributed by atoms with E-state index in [1.54, 1.807) is 28.0 Å². The third kappa shape index (κ3) is 4.30. The summed E-state index contributed by atoms with van der Waals surface area (Å²) < 4.78 is 25.2. The van der Waals surface area contributed by atoms with Gasteiger partial charge in [0.15, 0.2) is 0 Å². The van der Waals surface area contributed by atoms with Crippen molar-refractivity contribution in [3.8, 4) is 0 Å². The lowest BCUT2D eigenvalue weighted by atomic mass is 10.1. The molecule has 0 spiro atoms. The predicted octanol–water partition coefficient (Wildman–Crippen LogP) is 2.17. The highest BCUT2D eigenvalue weighted by Crippen LogP contribution is 2.31. The van der Waals surface area contributed by atoms with E-state index in [9.17, 15) is 18.0 Å². The van der Waals surface area contributed by atoms with Crippen LogP contribution < -0.4 is 4.31 Å². The van der Waals surface area contributed by atoms with Gasteiger partial charge < -0.3 is 9.80 Å². The van der Waals surface area contributed by atoms with Gasteiger partial charge in [0.05, 0.1) is 11.9 Å². The van der Waals surface area contributed by atoms with Crippen LogP contribution in [0.4, 0.5) is 5.69 Å². The van der Waals surface area contributed by atoms with Crippen LogP contribution in [0.1, 0.15) is 38.8 Å². The van der Waals surface area contributed by atoms with Gasteiger partial charge in [0, 0.05) is 43.9 Å². The van der Waals surface area contributed by atoms with Crippen molar-refractivity contribution in [2.75, 3.05) is 43.3 Å². The fraction of sp³-hybridized carbons (Fsp3) is 0.391. The van der Waals surface area contributed by atoms with E-state index in [0.717, 1.165) is 12.0 Å². The molecule has 1 fully saturated rings. The molecular formula is C23H27N3O4S. The van der Waals surface area contributed by atoms with Crippen LogP contribution in [0.3, 0.4) is 0 Å². The largest absolute Gasteiger partial charge is 0.335 e. The number of benzene rings is 2. The average Bonchev–Trinajstić information content (AvgIpc) is 3.22. The molecule has 0 bridgehead atoms. The zero-order valence-electron chi connectivity index (χ0n) is 17.9. The summed E-state index contributed by atoms with van der Waals surface area (Å²) in [5.41, 5.74) is 3.96. The van der Waals surface area contributed by atoms with E-state index >= 15 is 0 Å². The molecule has 0 saturated carbocycles. The Morgan fingerprint density at radius 3 is 1.94 bits per heavy atom. The van der Waals surface area contributed by atoms with Gasteiger partial charge in [-0.2, -0.15) is 0 Å². The summed E-state index contributed by atoms with van der Waals surface area (Å²) in [6, 6.07) is 12.9. The molecule has 2 heterocycles. The summed E-state index contributed by atoms with van der Waals surface area (Å²) in [6.07, 6.45) is 2.73. The molecule has 0 atom stereocenters. The molecule has 1 saturated heterocycles. The molecule has 2 amide bonds. The van der Waals surface area contributed by atoms with Gasteiger partial charge in [0.2, 0.25) is 10.0 Å². The van der Waals surface area contributed by atoms with Gasteiger partial charge in [0.25, 0.3) is 11.8 Å². The van der Waals surface area contributed by atoms with Gasteiger partial charge >= 0.3 is 0 Å². The molecular weight excluding hydrogens is 414 g/mol. The van der Waals surface area contributed by atoms with Crippen LogP contribution in [0.15, 0.2) is 42.5 Å². The first-order valence-corrected chi connectivity index (χ1v) is 12.4. The summed E-state index contributed by atoms with van der Waals surface area (Å²) in [6.45, 7) is 4.43. The fourth-order valence-corrected chi connectivity index (χ4v) is 5.17. The number of fused-ring (bicyclic) bond motifs is 1. The minimum atomic E-state index is -3.31. The first kappa shape index (κ1) is 21.4. The maximum absolute atomic E-state index is 13.0. The van der Waals surface area contributed by atoms with Crippen LogP contribution in [0.25, 0.3) is 0 Å². The highest BCUT2D eigenvalue weighted by molar-refractivity contribution is 7.92. The van der Waals surface area contributed by atoms with Crippen molar-refractivity contribution in [2.45, 2.75) is 19.8 Å². The van der Waals surface area contributed by atoms with E-state index < -0.39 is 10.0 Å². The zero-order chi connectivity index (χ0) is 22.2. The Hall–Kier alpha value is -2.87.